The number of nitrogens with one attached hydrogen (secondary N) is 1. The van der Waals surface area contributed by atoms with Crippen molar-refractivity contribution in [2.45, 2.75) is 57.9 Å². The summed E-state index contributed by atoms with van der Waals surface area (Å²) in [7, 11) is 0. The minimum Gasteiger partial charge on any atom is -0.381 e. The van der Waals surface area contributed by atoms with Crippen molar-refractivity contribution >= 4 is 5.91 Å². The van der Waals surface area contributed by atoms with E-state index in [1.807, 2.05) is 6.92 Å². The summed E-state index contributed by atoms with van der Waals surface area (Å²) in [6.45, 7) is 8.14. The third kappa shape index (κ3) is 7.25. The van der Waals surface area contributed by atoms with Gasteiger partial charge in [0.25, 0.3) is 0 Å². The van der Waals surface area contributed by atoms with Gasteiger partial charge in [-0.1, -0.05) is 6.92 Å². The Balaban J connectivity index is 2.09. The van der Waals surface area contributed by atoms with Crippen LogP contribution in [0.4, 0.5) is 0 Å². The van der Waals surface area contributed by atoms with Crippen LogP contribution in [0.3, 0.4) is 0 Å². The molecule has 0 saturated carbocycles. The van der Waals surface area contributed by atoms with E-state index in [0.717, 1.165) is 71.5 Å². The van der Waals surface area contributed by atoms with Crippen molar-refractivity contribution in [3.05, 3.63) is 0 Å². The van der Waals surface area contributed by atoms with Crippen LogP contribution < -0.4 is 11.1 Å². The minimum atomic E-state index is -0.587. The van der Waals surface area contributed by atoms with Gasteiger partial charge in [-0.25, -0.2) is 0 Å². The molecule has 1 unspecified atom stereocenters. The zero-order valence-electron chi connectivity index (χ0n) is 13.7. The molecule has 0 aromatic carbocycles. The summed E-state index contributed by atoms with van der Waals surface area (Å²) in [5, 5.41) is 3.26. The van der Waals surface area contributed by atoms with Crippen LogP contribution in [0.25, 0.3) is 0 Å². The lowest BCUT2D eigenvalue weighted by Gasteiger charge is -2.27. The second-order valence-electron chi connectivity index (χ2n) is 6.21. The Morgan fingerprint density at radius 1 is 1.38 bits per heavy atom. The zero-order valence-corrected chi connectivity index (χ0v) is 13.7. The fourth-order valence-corrected chi connectivity index (χ4v) is 2.55. The molecule has 5 heteroatoms. The Kier molecular flexibility index (Phi) is 8.88. The van der Waals surface area contributed by atoms with Gasteiger partial charge in [-0.3, -0.25) is 4.79 Å². The van der Waals surface area contributed by atoms with Crippen LogP contribution in [-0.4, -0.2) is 44.4 Å². The molecular formula is C16H32N2O3. The molecule has 0 aromatic heterocycles. The van der Waals surface area contributed by atoms with Crippen molar-refractivity contribution in [3.8, 4) is 0 Å². The highest BCUT2D eigenvalue weighted by Crippen LogP contribution is 2.16. The fraction of sp³-hybridized carbons (Fsp3) is 0.938. The molecule has 1 heterocycles. The first-order valence-corrected chi connectivity index (χ1v) is 8.29. The van der Waals surface area contributed by atoms with Gasteiger partial charge in [0.1, 0.15) is 0 Å². The van der Waals surface area contributed by atoms with E-state index in [1.165, 1.54) is 0 Å². The smallest absolute Gasteiger partial charge is 0.237 e. The maximum Gasteiger partial charge on any atom is 0.237 e. The van der Waals surface area contributed by atoms with E-state index in [1.54, 1.807) is 0 Å². The van der Waals surface area contributed by atoms with Crippen molar-refractivity contribution in [1.82, 2.24) is 5.32 Å². The minimum absolute atomic E-state index is 0.265. The van der Waals surface area contributed by atoms with Crippen molar-refractivity contribution < 1.29 is 14.3 Å². The number of carbonyl (C=O) groups is 1. The molecule has 124 valence electrons. The topological polar surface area (TPSA) is 73.6 Å². The summed E-state index contributed by atoms with van der Waals surface area (Å²) in [6, 6.07) is 0. The van der Waals surface area contributed by atoms with Crippen molar-refractivity contribution in [2.24, 2.45) is 11.7 Å². The van der Waals surface area contributed by atoms with Crippen LogP contribution >= 0.6 is 0 Å². The molecule has 1 rings (SSSR count). The molecule has 1 aliphatic heterocycles. The monoisotopic (exact) mass is 300 g/mol. The Bertz CT molecular complexity index is 293. The van der Waals surface area contributed by atoms with Gasteiger partial charge in [-0.2, -0.15) is 0 Å². The number of ether oxygens (including phenoxy) is 2. The highest BCUT2D eigenvalue weighted by molar-refractivity contribution is 5.84. The Morgan fingerprint density at radius 2 is 2.10 bits per heavy atom. The molecule has 0 aromatic rings. The van der Waals surface area contributed by atoms with E-state index in [-0.39, 0.29) is 5.91 Å². The van der Waals surface area contributed by atoms with E-state index in [2.05, 4.69) is 12.2 Å². The quantitative estimate of drug-likeness (QED) is 0.571. The second-order valence-corrected chi connectivity index (χ2v) is 6.21. The van der Waals surface area contributed by atoms with Crippen molar-refractivity contribution in [1.29, 1.82) is 0 Å². The first-order valence-electron chi connectivity index (χ1n) is 8.29. The molecule has 0 spiro atoms. The Labute approximate surface area is 128 Å². The lowest BCUT2D eigenvalue weighted by atomic mass is 9.94. The standard InChI is InChI=1S/C16H32N2O3/c1-3-9-18-16(2,15(17)19)8-4-5-10-21-13-14-6-11-20-12-7-14/h14,18H,3-13H2,1-2H3,(H2,17,19). The normalized spacial score (nSPS) is 19.3. The number of hydrogen-bond donors (Lipinski definition) is 2. The Morgan fingerprint density at radius 3 is 2.71 bits per heavy atom. The number of carbonyl (C=O) groups excluding carboxylic acids is 1. The molecule has 0 aliphatic carbocycles. The second kappa shape index (κ2) is 10.1. The van der Waals surface area contributed by atoms with Gasteiger partial charge in [0.15, 0.2) is 0 Å². The molecule has 1 amide bonds. The van der Waals surface area contributed by atoms with E-state index in [4.69, 9.17) is 15.2 Å². The molecule has 0 bridgehead atoms. The molecule has 1 aliphatic rings. The first-order chi connectivity index (χ1) is 10.1. The maximum absolute atomic E-state index is 11.6. The Hall–Kier alpha value is -0.650. The van der Waals surface area contributed by atoms with Gasteiger partial charge in [-0.05, 0) is 57.9 Å². The summed E-state index contributed by atoms with van der Waals surface area (Å²) >= 11 is 0. The SMILES string of the molecule is CCCNC(C)(CCCCOCC1CCOCC1)C(N)=O. The lowest BCUT2D eigenvalue weighted by molar-refractivity contribution is -0.124. The van der Waals surface area contributed by atoms with Crippen molar-refractivity contribution in [2.75, 3.05) is 33.0 Å². The number of amides is 1. The van der Waals surface area contributed by atoms with Gasteiger partial charge >= 0.3 is 0 Å². The average molecular weight is 300 g/mol. The third-order valence-corrected chi connectivity index (χ3v) is 4.22. The van der Waals surface area contributed by atoms with Gasteiger partial charge in [-0.15, -0.1) is 0 Å². The van der Waals surface area contributed by atoms with E-state index >= 15 is 0 Å². The third-order valence-electron chi connectivity index (χ3n) is 4.22. The number of rotatable bonds is 11. The summed E-state index contributed by atoms with van der Waals surface area (Å²) in [5.74, 6) is 0.389. The van der Waals surface area contributed by atoms with Gasteiger partial charge in [0, 0.05) is 26.4 Å². The molecular weight excluding hydrogens is 268 g/mol. The van der Waals surface area contributed by atoms with Crippen LogP contribution in [-0.2, 0) is 14.3 Å². The van der Waals surface area contributed by atoms with E-state index < -0.39 is 5.54 Å². The molecule has 1 atom stereocenters. The highest BCUT2D eigenvalue weighted by atomic mass is 16.5. The molecule has 1 saturated heterocycles. The van der Waals surface area contributed by atoms with Gasteiger partial charge < -0.3 is 20.5 Å². The average Bonchev–Trinajstić information content (AvgIpc) is 2.49. The zero-order chi connectivity index (χ0) is 15.6. The summed E-state index contributed by atoms with van der Waals surface area (Å²) in [5.41, 5.74) is 4.92. The maximum atomic E-state index is 11.6. The summed E-state index contributed by atoms with van der Waals surface area (Å²) < 4.78 is 11.1. The van der Waals surface area contributed by atoms with Crippen LogP contribution in [0.1, 0.15) is 52.4 Å². The fourth-order valence-electron chi connectivity index (χ4n) is 2.55. The van der Waals surface area contributed by atoms with Gasteiger partial charge in [0.05, 0.1) is 5.54 Å². The molecule has 0 radical (unpaired) electrons. The van der Waals surface area contributed by atoms with Crippen LogP contribution in [0.5, 0.6) is 0 Å². The molecule has 1 fully saturated rings. The molecule has 5 nitrogen and oxygen atoms in total. The summed E-state index contributed by atoms with van der Waals surface area (Å²) in [4.78, 5) is 11.6. The molecule has 3 N–H and O–H groups in total. The van der Waals surface area contributed by atoms with E-state index in [9.17, 15) is 4.79 Å². The summed E-state index contributed by atoms with van der Waals surface area (Å²) in [6.07, 6.45) is 5.91. The number of primary amides is 1. The lowest BCUT2D eigenvalue weighted by Crippen LogP contribution is -2.53. The predicted molar refractivity (Wildman–Crippen MR) is 84.1 cm³/mol. The predicted octanol–water partition coefficient (Wildman–Crippen LogP) is 1.84. The number of unbranched alkanes of at least 4 members (excludes halogenated alkanes) is 1. The van der Waals surface area contributed by atoms with Crippen LogP contribution in [0.15, 0.2) is 0 Å². The van der Waals surface area contributed by atoms with Crippen LogP contribution in [0, 0.1) is 5.92 Å². The van der Waals surface area contributed by atoms with E-state index in [0.29, 0.717) is 5.92 Å². The highest BCUT2D eigenvalue weighted by Gasteiger charge is 2.29. The molecule has 21 heavy (non-hydrogen) atoms. The number of nitrogens with two attached hydrogens (primary N) is 1. The first kappa shape index (κ1) is 18.4. The van der Waals surface area contributed by atoms with Gasteiger partial charge in [0.2, 0.25) is 5.91 Å². The number of hydrogen-bond acceptors (Lipinski definition) is 4. The van der Waals surface area contributed by atoms with Crippen LogP contribution in [0.2, 0.25) is 0 Å². The van der Waals surface area contributed by atoms with Crippen molar-refractivity contribution in [3.63, 3.8) is 0 Å². The largest absolute Gasteiger partial charge is 0.381 e.